The number of nitrogen functional groups attached to an aromatic ring is 1. The minimum absolute atomic E-state index is 0.136. The molecule has 0 saturated carbocycles. The molecule has 0 aliphatic heterocycles. The fraction of sp³-hybridized carbons (Fsp3) is 0.0667. The first kappa shape index (κ1) is 13.1. The summed E-state index contributed by atoms with van der Waals surface area (Å²) in [6.07, 6.45) is 3.07. The molecule has 2 aromatic heterocycles. The van der Waals surface area contributed by atoms with Gasteiger partial charge in [-0.25, -0.2) is 5.84 Å². The molecule has 3 rings (SSSR count). The molecule has 1 aromatic carbocycles. The van der Waals surface area contributed by atoms with E-state index in [1.807, 2.05) is 24.3 Å². The summed E-state index contributed by atoms with van der Waals surface area (Å²) < 4.78 is 6.78. The number of carbonyl (C=O) groups excluding carboxylic acids is 1. The summed E-state index contributed by atoms with van der Waals surface area (Å²) in [6.45, 7) is 0.166. The van der Waals surface area contributed by atoms with Crippen LogP contribution < -0.4 is 16.8 Å². The van der Waals surface area contributed by atoms with Gasteiger partial charge in [0.1, 0.15) is 5.76 Å². The molecule has 0 radical (unpaired) electrons. The van der Waals surface area contributed by atoms with Gasteiger partial charge in [-0.3, -0.25) is 15.0 Å². The van der Waals surface area contributed by atoms with E-state index >= 15 is 0 Å². The van der Waals surface area contributed by atoms with Gasteiger partial charge in [0.15, 0.2) is 0 Å². The minimum atomic E-state index is -0.451. The summed E-state index contributed by atoms with van der Waals surface area (Å²) >= 11 is 0. The Morgan fingerprint density at radius 2 is 2.05 bits per heavy atom. The predicted octanol–water partition coefficient (Wildman–Crippen LogP) is 1.25. The van der Waals surface area contributed by atoms with E-state index in [4.69, 9.17) is 10.3 Å². The summed E-state index contributed by atoms with van der Waals surface area (Å²) in [7, 11) is 0. The van der Waals surface area contributed by atoms with Crippen molar-refractivity contribution in [2.45, 2.75) is 6.54 Å². The summed E-state index contributed by atoms with van der Waals surface area (Å²) in [5.41, 5.74) is 2.23. The number of furan rings is 1. The maximum absolute atomic E-state index is 12.4. The van der Waals surface area contributed by atoms with Gasteiger partial charge in [0.05, 0.1) is 18.4 Å². The Morgan fingerprint density at radius 3 is 2.86 bits per heavy atom. The Balaban J connectivity index is 2.03. The van der Waals surface area contributed by atoms with Crippen molar-refractivity contribution in [2.24, 2.45) is 5.84 Å². The number of nitrogens with zero attached hydrogens (tertiary/aromatic N) is 1. The molecular formula is C15H13N3O3. The molecule has 6 nitrogen and oxygen atoms in total. The second-order valence-electron chi connectivity index (χ2n) is 4.57. The zero-order chi connectivity index (χ0) is 14.8. The highest BCUT2D eigenvalue weighted by atomic mass is 16.3. The van der Waals surface area contributed by atoms with E-state index in [1.54, 1.807) is 12.3 Å². The highest BCUT2D eigenvalue weighted by Gasteiger charge is 2.14. The zero-order valence-corrected chi connectivity index (χ0v) is 11.1. The van der Waals surface area contributed by atoms with E-state index in [0.29, 0.717) is 16.7 Å². The molecule has 21 heavy (non-hydrogen) atoms. The Hall–Kier alpha value is -2.86. The topological polar surface area (TPSA) is 90.3 Å². The molecule has 0 aliphatic rings. The lowest BCUT2D eigenvalue weighted by Crippen LogP contribution is -2.31. The van der Waals surface area contributed by atoms with Crippen LogP contribution in [0.25, 0.3) is 10.8 Å². The SMILES string of the molecule is NNC(=O)c1ccoc1Cn1ccc2ccccc2c1=O. The normalized spacial score (nSPS) is 10.7. The first-order valence-electron chi connectivity index (χ1n) is 6.36. The molecular weight excluding hydrogens is 270 g/mol. The summed E-state index contributed by atoms with van der Waals surface area (Å²) in [6, 6.07) is 10.7. The summed E-state index contributed by atoms with van der Waals surface area (Å²) in [4.78, 5) is 24.0. The standard InChI is InChI=1S/C15H13N3O3/c16-17-14(19)12-6-8-21-13(12)9-18-7-5-10-3-1-2-4-11(10)15(18)20/h1-8H,9,16H2,(H,17,19). The van der Waals surface area contributed by atoms with Crippen LogP contribution in [0.1, 0.15) is 16.1 Å². The van der Waals surface area contributed by atoms with Crippen molar-refractivity contribution in [3.05, 3.63) is 70.5 Å². The fourth-order valence-corrected chi connectivity index (χ4v) is 2.25. The predicted molar refractivity (Wildman–Crippen MR) is 77.7 cm³/mol. The lowest BCUT2D eigenvalue weighted by Gasteiger charge is -2.07. The maximum atomic E-state index is 12.4. The Labute approximate surface area is 119 Å². The Morgan fingerprint density at radius 1 is 1.24 bits per heavy atom. The van der Waals surface area contributed by atoms with Gasteiger partial charge in [0.2, 0.25) is 0 Å². The van der Waals surface area contributed by atoms with E-state index in [1.165, 1.54) is 16.9 Å². The Kier molecular flexibility index (Phi) is 3.29. The summed E-state index contributed by atoms with van der Waals surface area (Å²) in [5.74, 6) is 5.05. The molecule has 0 saturated heterocycles. The third-order valence-electron chi connectivity index (χ3n) is 3.32. The maximum Gasteiger partial charge on any atom is 0.268 e. The van der Waals surface area contributed by atoms with E-state index < -0.39 is 5.91 Å². The van der Waals surface area contributed by atoms with Gasteiger partial charge >= 0.3 is 0 Å². The molecule has 0 bridgehead atoms. The van der Waals surface area contributed by atoms with Crippen molar-refractivity contribution in [1.29, 1.82) is 0 Å². The number of amides is 1. The number of hydrazine groups is 1. The molecule has 1 amide bonds. The van der Waals surface area contributed by atoms with E-state index in [-0.39, 0.29) is 12.1 Å². The van der Waals surface area contributed by atoms with Crippen LogP contribution in [0, 0.1) is 0 Å². The van der Waals surface area contributed by atoms with Gasteiger partial charge in [-0.15, -0.1) is 0 Å². The van der Waals surface area contributed by atoms with Crippen LogP contribution in [0.4, 0.5) is 0 Å². The molecule has 0 atom stereocenters. The first-order valence-corrected chi connectivity index (χ1v) is 6.36. The quantitative estimate of drug-likeness (QED) is 0.430. The molecule has 0 spiro atoms. The third-order valence-corrected chi connectivity index (χ3v) is 3.32. The number of nitrogens with two attached hydrogens (primary N) is 1. The van der Waals surface area contributed by atoms with Gasteiger partial charge in [-0.05, 0) is 23.6 Å². The zero-order valence-electron chi connectivity index (χ0n) is 11.1. The number of rotatable bonds is 3. The van der Waals surface area contributed by atoms with Crippen molar-refractivity contribution in [3.8, 4) is 0 Å². The number of carbonyl (C=O) groups is 1. The van der Waals surface area contributed by atoms with E-state index in [9.17, 15) is 9.59 Å². The van der Waals surface area contributed by atoms with Crippen molar-refractivity contribution in [1.82, 2.24) is 9.99 Å². The van der Waals surface area contributed by atoms with Crippen LogP contribution in [-0.2, 0) is 6.54 Å². The molecule has 0 unspecified atom stereocenters. The number of pyridine rings is 1. The van der Waals surface area contributed by atoms with Gasteiger partial charge in [0.25, 0.3) is 11.5 Å². The monoisotopic (exact) mass is 283 g/mol. The highest BCUT2D eigenvalue weighted by molar-refractivity contribution is 5.94. The Bertz CT molecular complexity index is 864. The van der Waals surface area contributed by atoms with Gasteiger partial charge in [0, 0.05) is 11.6 Å². The molecule has 3 N–H and O–H groups in total. The largest absolute Gasteiger partial charge is 0.467 e. The second-order valence-corrected chi connectivity index (χ2v) is 4.57. The van der Waals surface area contributed by atoms with Crippen LogP contribution >= 0.6 is 0 Å². The molecule has 3 aromatic rings. The third kappa shape index (κ3) is 2.32. The minimum Gasteiger partial charge on any atom is -0.467 e. The van der Waals surface area contributed by atoms with Crippen molar-refractivity contribution in [2.75, 3.05) is 0 Å². The molecule has 106 valence electrons. The number of aromatic nitrogens is 1. The average Bonchev–Trinajstić information content (AvgIpc) is 2.98. The molecule has 6 heteroatoms. The van der Waals surface area contributed by atoms with Gasteiger partial charge < -0.3 is 8.98 Å². The smallest absolute Gasteiger partial charge is 0.268 e. The van der Waals surface area contributed by atoms with Crippen molar-refractivity contribution < 1.29 is 9.21 Å². The number of benzene rings is 1. The van der Waals surface area contributed by atoms with Crippen molar-refractivity contribution in [3.63, 3.8) is 0 Å². The highest BCUT2D eigenvalue weighted by Crippen LogP contribution is 2.13. The van der Waals surface area contributed by atoms with Crippen molar-refractivity contribution >= 4 is 16.7 Å². The number of fused-ring (bicyclic) bond motifs is 1. The average molecular weight is 283 g/mol. The lowest BCUT2D eigenvalue weighted by atomic mass is 10.1. The summed E-state index contributed by atoms with van der Waals surface area (Å²) in [5, 5.41) is 1.49. The van der Waals surface area contributed by atoms with E-state index in [2.05, 4.69) is 5.43 Å². The molecule has 0 aliphatic carbocycles. The molecule has 0 fully saturated rings. The van der Waals surface area contributed by atoms with Gasteiger partial charge in [-0.2, -0.15) is 0 Å². The number of nitrogens with one attached hydrogen (secondary N) is 1. The van der Waals surface area contributed by atoms with Crippen LogP contribution in [-0.4, -0.2) is 10.5 Å². The number of hydrogen-bond donors (Lipinski definition) is 2. The molecule has 2 heterocycles. The van der Waals surface area contributed by atoms with Crippen LogP contribution in [0.15, 0.2) is 58.1 Å². The lowest BCUT2D eigenvalue weighted by molar-refractivity contribution is 0.0951. The van der Waals surface area contributed by atoms with Crippen LogP contribution in [0.3, 0.4) is 0 Å². The van der Waals surface area contributed by atoms with Gasteiger partial charge in [-0.1, -0.05) is 18.2 Å². The fourth-order valence-electron chi connectivity index (χ4n) is 2.25. The van der Waals surface area contributed by atoms with Crippen LogP contribution in [0.5, 0.6) is 0 Å². The number of hydrogen-bond acceptors (Lipinski definition) is 4. The first-order chi connectivity index (χ1) is 10.2. The van der Waals surface area contributed by atoms with Crippen LogP contribution in [0.2, 0.25) is 0 Å². The second kappa shape index (κ2) is 5.26. The van der Waals surface area contributed by atoms with E-state index in [0.717, 1.165) is 5.39 Å².